The lowest BCUT2D eigenvalue weighted by Crippen LogP contribution is -2.29. The molecule has 1 heterocycles. The maximum atomic E-state index is 13.4. The van der Waals surface area contributed by atoms with Crippen LogP contribution < -0.4 is 13.8 Å². The zero-order valence-electron chi connectivity index (χ0n) is 15.1. The van der Waals surface area contributed by atoms with Crippen LogP contribution in [-0.4, -0.2) is 35.1 Å². The number of nitrogens with one attached hydrogen (secondary N) is 1. The molecule has 8 nitrogen and oxygen atoms in total. The van der Waals surface area contributed by atoms with Crippen molar-refractivity contribution in [1.82, 2.24) is 0 Å². The normalized spacial score (nSPS) is 16.1. The number of anilines is 2. The Bertz CT molecular complexity index is 1160. The van der Waals surface area contributed by atoms with Crippen molar-refractivity contribution in [2.75, 3.05) is 21.4 Å². The van der Waals surface area contributed by atoms with Gasteiger partial charge in [-0.3, -0.25) is 9.52 Å². The van der Waals surface area contributed by atoms with E-state index < -0.39 is 42.5 Å². The highest BCUT2D eigenvalue weighted by Crippen LogP contribution is 2.33. The molecule has 1 amide bonds. The van der Waals surface area contributed by atoms with E-state index in [2.05, 4.69) is 0 Å². The molecule has 0 aliphatic carbocycles. The zero-order valence-corrected chi connectivity index (χ0v) is 16.7. The maximum Gasteiger partial charge on any atom is 0.265 e. The number of ether oxygens (including phenoxy) is 1. The number of sulfonamides is 2. The third-order valence-electron chi connectivity index (χ3n) is 3.94. The highest BCUT2D eigenvalue weighted by molar-refractivity contribution is 7.94. The summed E-state index contributed by atoms with van der Waals surface area (Å²) in [6.07, 6.45) is -0.224. The molecule has 156 valence electrons. The molecule has 29 heavy (non-hydrogen) atoms. The van der Waals surface area contributed by atoms with E-state index in [-0.39, 0.29) is 35.9 Å². The van der Waals surface area contributed by atoms with Gasteiger partial charge in [-0.05, 0) is 37.3 Å². The van der Waals surface area contributed by atoms with Crippen LogP contribution in [0.2, 0.25) is 0 Å². The highest BCUT2D eigenvalue weighted by atomic mass is 32.2. The number of rotatable bonds is 6. The van der Waals surface area contributed by atoms with E-state index in [1.54, 1.807) is 6.92 Å². The average molecular weight is 446 g/mol. The monoisotopic (exact) mass is 446 g/mol. The number of carbonyl (C=O) groups is 1. The minimum absolute atomic E-state index is 0.0946. The van der Waals surface area contributed by atoms with Crippen LogP contribution in [-0.2, 0) is 24.8 Å². The second-order valence-corrected chi connectivity index (χ2v) is 9.64. The fraction of sp³-hybridized carbons (Fsp3) is 0.235. The molecule has 2 aromatic rings. The van der Waals surface area contributed by atoms with Crippen LogP contribution in [0.3, 0.4) is 0 Å². The molecule has 0 atom stereocenters. The minimum Gasteiger partial charge on any atom is -0.492 e. The topological polar surface area (TPSA) is 110 Å². The summed E-state index contributed by atoms with van der Waals surface area (Å²) >= 11 is 0. The fourth-order valence-corrected chi connectivity index (χ4v) is 5.46. The minimum atomic E-state index is -4.45. The molecular weight excluding hydrogens is 430 g/mol. The average Bonchev–Trinajstić information content (AvgIpc) is 2.87. The first-order valence-corrected chi connectivity index (χ1v) is 11.4. The van der Waals surface area contributed by atoms with Gasteiger partial charge in [0.05, 0.1) is 23.7 Å². The Morgan fingerprint density at radius 3 is 2.34 bits per heavy atom. The fourth-order valence-electron chi connectivity index (χ4n) is 2.80. The predicted molar refractivity (Wildman–Crippen MR) is 101 cm³/mol. The van der Waals surface area contributed by atoms with Crippen molar-refractivity contribution < 1.29 is 35.1 Å². The van der Waals surface area contributed by atoms with Gasteiger partial charge in [-0.2, -0.15) is 0 Å². The van der Waals surface area contributed by atoms with Crippen LogP contribution in [0.25, 0.3) is 0 Å². The summed E-state index contributed by atoms with van der Waals surface area (Å²) in [5.41, 5.74) is -0.554. The van der Waals surface area contributed by atoms with E-state index in [1.807, 2.05) is 4.72 Å². The van der Waals surface area contributed by atoms with E-state index in [0.717, 1.165) is 18.2 Å². The Morgan fingerprint density at radius 2 is 1.79 bits per heavy atom. The van der Waals surface area contributed by atoms with Crippen LogP contribution in [0, 0.1) is 11.6 Å². The largest absolute Gasteiger partial charge is 0.492 e. The van der Waals surface area contributed by atoms with Gasteiger partial charge in [-0.15, -0.1) is 0 Å². The molecule has 1 fully saturated rings. The van der Waals surface area contributed by atoms with E-state index in [9.17, 15) is 30.4 Å². The van der Waals surface area contributed by atoms with Gasteiger partial charge < -0.3 is 4.74 Å². The van der Waals surface area contributed by atoms with Gasteiger partial charge in [-0.1, -0.05) is 0 Å². The summed E-state index contributed by atoms with van der Waals surface area (Å²) in [6.45, 7) is 1.70. The van der Waals surface area contributed by atoms with E-state index in [0.29, 0.717) is 10.4 Å². The van der Waals surface area contributed by atoms with Gasteiger partial charge >= 0.3 is 0 Å². The number of hydrogen-bond donors (Lipinski definition) is 1. The summed E-state index contributed by atoms with van der Waals surface area (Å²) in [4.78, 5) is 11.5. The molecule has 0 spiro atoms. The zero-order chi connectivity index (χ0) is 21.4. The number of halogens is 2. The first-order chi connectivity index (χ1) is 13.5. The van der Waals surface area contributed by atoms with Crippen molar-refractivity contribution in [3.8, 4) is 5.75 Å². The summed E-state index contributed by atoms with van der Waals surface area (Å²) in [7, 11) is -8.37. The van der Waals surface area contributed by atoms with Crippen molar-refractivity contribution in [3.05, 3.63) is 48.0 Å². The maximum absolute atomic E-state index is 13.4. The Hall–Kier alpha value is -2.73. The molecule has 12 heteroatoms. The smallest absolute Gasteiger partial charge is 0.265 e. The molecule has 2 aromatic carbocycles. The van der Waals surface area contributed by atoms with Gasteiger partial charge in [0.15, 0.2) is 0 Å². The van der Waals surface area contributed by atoms with Gasteiger partial charge in [0.1, 0.15) is 22.3 Å². The number of benzene rings is 2. The first kappa shape index (κ1) is 21.0. The molecule has 0 aromatic heterocycles. The lowest BCUT2D eigenvalue weighted by Gasteiger charge is -2.18. The van der Waals surface area contributed by atoms with E-state index >= 15 is 0 Å². The molecular formula is C17H16F2N2O6S2. The third kappa shape index (κ3) is 4.32. The molecule has 1 aliphatic rings. The van der Waals surface area contributed by atoms with Crippen LogP contribution in [0.1, 0.15) is 13.3 Å². The van der Waals surface area contributed by atoms with Gasteiger partial charge in [0.25, 0.3) is 10.0 Å². The Balaban J connectivity index is 2.09. The van der Waals surface area contributed by atoms with Crippen LogP contribution >= 0.6 is 0 Å². The van der Waals surface area contributed by atoms with Gasteiger partial charge in [0, 0.05) is 12.5 Å². The molecule has 1 saturated heterocycles. The molecule has 1 N–H and O–H groups in total. The van der Waals surface area contributed by atoms with E-state index in [1.165, 1.54) is 12.1 Å². The number of amides is 1. The summed E-state index contributed by atoms with van der Waals surface area (Å²) in [5, 5.41) is 0. The molecule has 0 radical (unpaired) electrons. The molecule has 1 aliphatic heterocycles. The standard InChI is InChI=1S/C17H16F2N2O6S2/c1-2-27-15-4-3-14(21-17(22)5-6-28(21,23)24)10-16(15)29(25,26)20-13-8-11(18)7-12(19)9-13/h3-4,7-10,20H,2,5-6H2,1H3. The highest BCUT2D eigenvalue weighted by Gasteiger charge is 2.37. The Kier molecular flexibility index (Phi) is 5.50. The summed E-state index contributed by atoms with van der Waals surface area (Å²) in [5.74, 6) is -3.19. The van der Waals surface area contributed by atoms with Crippen molar-refractivity contribution in [3.63, 3.8) is 0 Å². The van der Waals surface area contributed by atoms with Gasteiger partial charge in [-0.25, -0.2) is 29.9 Å². The Labute approximate surface area is 166 Å². The van der Waals surface area contributed by atoms with Crippen LogP contribution in [0.15, 0.2) is 41.3 Å². The van der Waals surface area contributed by atoms with Crippen LogP contribution in [0.5, 0.6) is 5.75 Å². The quantitative estimate of drug-likeness (QED) is 0.729. The summed E-state index contributed by atoms with van der Waals surface area (Å²) in [6, 6.07) is 5.55. The number of hydrogen-bond acceptors (Lipinski definition) is 6. The molecule has 0 bridgehead atoms. The van der Waals surface area contributed by atoms with Crippen molar-refractivity contribution >= 4 is 37.3 Å². The van der Waals surface area contributed by atoms with Crippen LogP contribution in [0.4, 0.5) is 20.2 Å². The first-order valence-electron chi connectivity index (χ1n) is 8.35. The second kappa shape index (κ2) is 7.59. The van der Waals surface area contributed by atoms with Crippen molar-refractivity contribution in [2.24, 2.45) is 0 Å². The lowest BCUT2D eigenvalue weighted by molar-refractivity contribution is -0.116. The van der Waals surface area contributed by atoms with E-state index in [4.69, 9.17) is 4.74 Å². The third-order valence-corrected chi connectivity index (χ3v) is 7.04. The lowest BCUT2D eigenvalue weighted by atomic mass is 10.3. The summed E-state index contributed by atoms with van der Waals surface area (Å²) < 4.78 is 84.6. The van der Waals surface area contributed by atoms with Crippen molar-refractivity contribution in [1.29, 1.82) is 0 Å². The molecule has 0 unspecified atom stereocenters. The number of carbonyl (C=O) groups excluding carboxylic acids is 1. The molecule has 3 rings (SSSR count). The Morgan fingerprint density at radius 1 is 1.14 bits per heavy atom. The second-order valence-electron chi connectivity index (χ2n) is 6.05. The number of nitrogens with zero attached hydrogens (tertiary/aromatic N) is 1. The SMILES string of the molecule is CCOc1ccc(N2C(=O)CCS2(=O)=O)cc1S(=O)(=O)Nc1cc(F)cc(F)c1. The van der Waals surface area contributed by atoms with Gasteiger partial charge in [0.2, 0.25) is 15.9 Å². The predicted octanol–water partition coefficient (Wildman–Crippen LogP) is 2.23. The molecule has 0 saturated carbocycles. The van der Waals surface area contributed by atoms with Crippen molar-refractivity contribution in [2.45, 2.75) is 18.2 Å².